The highest BCUT2D eigenvalue weighted by atomic mass is 32.2. The summed E-state index contributed by atoms with van der Waals surface area (Å²) in [6.07, 6.45) is -0.00553. The maximum atomic E-state index is 12.7. The SMILES string of the molecule is CNC(=O)NC(=O)CSc1nc2ccccc2c(=O)n1CCC(=O)OC. The Balaban J connectivity index is 2.29. The summed E-state index contributed by atoms with van der Waals surface area (Å²) in [7, 11) is 2.66. The van der Waals surface area contributed by atoms with E-state index in [-0.39, 0.29) is 29.4 Å². The molecule has 0 saturated heterocycles. The molecule has 1 heterocycles. The molecule has 0 atom stereocenters. The number of carbonyl (C=O) groups is 3. The summed E-state index contributed by atoms with van der Waals surface area (Å²) in [5.74, 6) is -1.11. The minimum absolute atomic E-state index is 0.00553. The van der Waals surface area contributed by atoms with Crippen LogP contribution in [0.25, 0.3) is 10.9 Å². The number of nitrogens with one attached hydrogen (secondary N) is 2. The monoisotopic (exact) mass is 378 g/mol. The zero-order valence-electron chi connectivity index (χ0n) is 14.3. The van der Waals surface area contributed by atoms with Crippen molar-refractivity contribution in [2.24, 2.45) is 0 Å². The number of carbonyl (C=O) groups excluding carboxylic acids is 3. The molecule has 9 nitrogen and oxygen atoms in total. The topological polar surface area (TPSA) is 119 Å². The van der Waals surface area contributed by atoms with Crippen LogP contribution in [0.4, 0.5) is 4.79 Å². The molecule has 0 aliphatic heterocycles. The summed E-state index contributed by atoms with van der Waals surface area (Å²) < 4.78 is 5.93. The number of nitrogens with zero attached hydrogens (tertiary/aromatic N) is 2. The van der Waals surface area contributed by atoms with Gasteiger partial charge in [0, 0.05) is 13.6 Å². The summed E-state index contributed by atoms with van der Waals surface area (Å²) in [6.45, 7) is 0.0722. The first kappa shape index (κ1) is 19.4. The standard InChI is InChI=1S/C16H18N4O5S/c1-17-15(24)19-12(21)9-26-16-18-11-6-4-3-5-10(11)14(23)20(16)8-7-13(22)25-2/h3-6H,7-9H2,1-2H3,(H2,17,19,21,24). The number of thioether (sulfide) groups is 1. The van der Waals surface area contributed by atoms with Gasteiger partial charge in [0.15, 0.2) is 5.16 Å². The number of methoxy groups -OCH3 is 1. The number of urea groups is 1. The van der Waals surface area contributed by atoms with Crippen LogP contribution in [-0.2, 0) is 20.9 Å². The number of aromatic nitrogens is 2. The normalized spacial score (nSPS) is 10.4. The van der Waals surface area contributed by atoms with Crippen LogP contribution in [0.2, 0.25) is 0 Å². The van der Waals surface area contributed by atoms with E-state index in [0.29, 0.717) is 10.9 Å². The average Bonchev–Trinajstić information content (AvgIpc) is 2.65. The number of ether oxygens (including phenoxy) is 1. The van der Waals surface area contributed by atoms with E-state index in [9.17, 15) is 19.2 Å². The Kier molecular flexibility index (Phi) is 6.73. The van der Waals surface area contributed by atoms with Gasteiger partial charge >= 0.3 is 12.0 Å². The number of benzene rings is 1. The van der Waals surface area contributed by atoms with E-state index >= 15 is 0 Å². The van der Waals surface area contributed by atoms with Crippen molar-refractivity contribution in [3.05, 3.63) is 34.6 Å². The van der Waals surface area contributed by atoms with Gasteiger partial charge in [-0.2, -0.15) is 0 Å². The van der Waals surface area contributed by atoms with Crippen molar-refractivity contribution >= 4 is 40.6 Å². The zero-order valence-corrected chi connectivity index (χ0v) is 15.1. The second-order valence-corrected chi connectivity index (χ2v) is 6.05. The van der Waals surface area contributed by atoms with Crippen molar-refractivity contribution in [3.63, 3.8) is 0 Å². The Labute approximate surface area is 153 Å². The minimum atomic E-state index is -0.620. The first-order chi connectivity index (χ1) is 12.5. The van der Waals surface area contributed by atoms with Gasteiger partial charge in [0.05, 0.1) is 30.2 Å². The minimum Gasteiger partial charge on any atom is -0.469 e. The van der Waals surface area contributed by atoms with Crippen LogP contribution in [-0.4, -0.2) is 47.4 Å². The Morgan fingerprint density at radius 2 is 2.00 bits per heavy atom. The average molecular weight is 378 g/mol. The highest BCUT2D eigenvalue weighted by molar-refractivity contribution is 7.99. The fraction of sp³-hybridized carbons (Fsp3) is 0.312. The first-order valence-corrected chi connectivity index (χ1v) is 8.65. The third-order valence-electron chi connectivity index (χ3n) is 3.41. The van der Waals surface area contributed by atoms with Gasteiger partial charge in [-0.25, -0.2) is 9.78 Å². The van der Waals surface area contributed by atoms with Crippen molar-refractivity contribution in [1.29, 1.82) is 0 Å². The summed E-state index contributed by atoms with van der Waals surface area (Å²) in [5.41, 5.74) is 0.176. The van der Waals surface area contributed by atoms with Gasteiger partial charge < -0.3 is 10.1 Å². The molecule has 1 aromatic carbocycles. The number of hydrogen-bond acceptors (Lipinski definition) is 7. The van der Waals surface area contributed by atoms with E-state index in [2.05, 4.69) is 20.4 Å². The molecule has 1 aromatic heterocycles. The number of amides is 3. The molecule has 0 aliphatic carbocycles. The Morgan fingerprint density at radius 1 is 1.27 bits per heavy atom. The van der Waals surface area contributed by atoms with E-state index in [1.54, 1.807) is 24.3 Å². The largest absolute Gasteiger partial charge is 0.469 e. The summed E-state index contributed by atoms with van der Waals surface area (Å²) >= 11 is 1.00. The maximum Gasteiger partial charge on any atom is 0.321 e. The molecule has 0 spiro atoms. The van der Waals surface area contributed by atoms with Crippen molar-refractivity contribution < 1.29 is 19.1 Å². The van der Waals surface area contributed by atoms with Crippen LogP contribution in [0.3, 0.4) is 0 Å². The highest BCUT2D eigenvalue weighted by Crippen LogP contribution is 2.18. The molecule has 26 heavy (non-hydrogen) atoms. The quantitative estimate of drug-likeness (QED) is 0.427. The molecule has 0 aliphatic rings. The number of imide groups is 1. The van der Waals surface area contributed by atoms with Gasteiger partial charge in [-0.3, -0.25) is 24.3 Å². The van der Waals surface area contributed by atoms with Crippen LogP contribution in [0.1, 0.15) is 6.42 Å². The van der Waals surface area contributed by atoms with Crippen molar-refractivity contribution in [2.45, 2.75) is 18.1 Å². The predicted molar refractivity (Wildman–Crippen MR) is 96.0 cm³/mol. The Bertz CT molecular complexity index is 896. The van der Waals surface area contributed by atoms with E-state index in [4.69, 9.17) is 0 Å². The van der Waals surface area contributed by atoms with Crippen LogP contribution in [0, 0.1) is 0 Å². The lowest BCUT2D eigenvalue weighted by Gasteiger charge is -2.12. The molecule has 0 saturated carbocycles. The second-order valence-electron chi connectivity index (χ2n) is 5.11. The predicted octanol–water partition coefficient (Wildman–Crippen LogP) is 0.507. The van der Waals surface area contributed by atoms with Crippen LogP contribution >= 0.6 is 11.8 Å². The molecule has 0 fully saturated rings. The lowest BCUT2D eigenvalue weighted by Crippen LogP contribution is -2.38. The van der Waals surface area contributed by atoms with Crippen molar-refractivity contribution in [1.82, 2.24) is 20.2 Å². The molecule has 138 valence electrons. The van der Waals surface area contributed by atoms with Gasteiger partial charge in [-0.05, 0) is 12.1 Å². The van der Waals surface area contributed by atoms with E-state index in [1.165, 1.54) is 18.7 Å². The Morgan fingerprint density at radius 3 is 2.69 bits per heavy atom. The maximum absolute atomic E-state index is 12.7. The van der Waals surface area contributed by atoms with E-state index in [1.807, 2.05) is 0 Å². The molecule has 3 amide bonds. The molecular formula is C16H18N4O5S. The molecular weight excluding hydrogens is 360 g/mol. The van der Waals surface area contributed by atoms with E-state index in [0.717, 1.165) is 11.8 Å². The van der Waals surface area contributed by atoms with Gasteiger partial charge in [0.25, 0.3) is 5.56 Å². The second kappa shape index (κ2) is 8.99. The van der Waals surface area contributed by atoms with Gasteiger partial charge in [-0.15, -0.1) is 0 Å². The highest BCUT2D eigenvalue weighted by Gasteiger charge is 2.15. The zero-order chi connectivity index (χ0) is 19.1. The first-order valence-electron chi connectivity index (χ1n) is 7.67. The molecule has 0 bridgehead atoms. The van der Waals surface area contributed by atoms with Gasteiger partial charge in [0.1, 0.15) is 0 Å². The summed E-state index contributed by atoms with van der Waals surface area (Å²) in [5, 5.41) is 5.10. The Hall–Kier alpha value is -2.88. The molecule has 10 heteroatoms. The number of rotatable bonds is 6. The smallest absolute Gasteiger partial charge is 0.321 e. The van der Waals surface area contributed by atoms with Crippen LogP contribution < -0.4 is 16.2 Å². The number of fused-ring (bicyclic) bond motifs is 1. The third kappa shape index (κ3) is 4.82. The molecule has 2 aromatic rings. The van der Waals surface area contributed by atoms with Crippen LogP contribution in [0.15, 0.2) is 34.2 Å². The number of esters is 1. The molecule has 0 unspecified atom stereocenters. The fourth-order valence-corrected chi connectivity index (χ4v) is 2.94. The lowest BCUT2D eigenvalue weighted by molar-refractivity contribution is -0.140. The number of hydrogen-bond donors (Lipinski definition) is 2. The number of para-hydroxylation sites is 1. The van der Waals surface area contributed by atoms with Crippen molar-refractivity contribution in [3.8, 4) is 0 Å². The van der Waals surface area contributed by atoms with Crippen molar-refractivity contribution in [2.75, 3.05) is 19.9 Å². The summed E-state index contributed by atoms with van der Waals surface area (Å²) in [4.78, 5) is 51.5. The fourth-order valence-electron chi connectivity index (χ4n) is 2.12. The third-order valence-corrected chi connectivity index (χ3v) is 4.38. The molecule has 2 rings (SSSR count). The van der Waals surface area contributed by atoms with E-state index < -0.39 is 17.9 Å². The van der Waals surface area contributed by atoms with Gasteiger partial charge in [-0.1, -0.05) is 23.9 Å². The molecule has 2 N–H and O–H groups in total. The van der Waals surface area contributed by atoms with Gasteiger partial charge in [0.2, 0.25) is 5.91 Å². The molecule has 0 radical (unpaired) electrons. The summed E-state index contributed by atoms with van der Waals surface area (Å²) in [6, 6.07) is 6.19. The lowest BCUT2D eigenvalue weighted by atomic mass is 10.2. The van der Waals surface area contributed by atoms with Crippen LogP contribution in [0.5, 0.6) is 0 Å².